The van der Waals surface area contributed by atoms with Crippen LogP contribution in [-0.2, 0) is 22.3 Å². The summed E-state index contributed by atoms with van der Waals surface area (Å²) in [5.74, 6) is 0.0119. The Balaban J connectivity index is 2.16. The van der Waals surface area contributed by atoms with Gasteiger partial charge in [0.1, 0.15) is 16.7 Å². The van der Waals surface area contributed by atoms with Gasteiger partial charge in [-0.05, 0) is 42.8 Å². The molecule has 1 unspecified atom stereocenters. The quantitative estimate of drug-likeness (QED) is 0.485. The van der Waals surface area contributed by atoms with Gasteiger partial charge < -0.3 is 14.0 Å². The van der Waals surface area contributed by atoms with E-state index in [4.69, 9.17) is 14.6 Å². The third kappa shape index (κ3) is 3.69. The van der Waals surface area contributed by atoms with Crippen molar-refractivity contribution in [3.05, 3.63) is 59.3 Å². The number of rotatable bonds is 7. The Labute approximate surface area is 164 Å². The minimum atomic E-state index is -1.56. The molecule has 0 saturated heterocycles. The zero-order valence-corrected chi connectivity index (χ0v) is 16.3. The minimum Gasteiger partial charge on any atom is -0.497 e. The largest absolute Gasteiger partial charge is 0.497 e. The molecule has 2 N–H and O–H groups in total. The molecule has 0 aliphatic carbocycles. The van der Waals surface area contributed by atoms with Gasteiger partial charge in [-0.3, -0.25) is 4.79 Å². The van der Waals surface area contributed by atoms with E-state index in [9.17, 15) is 13.8 Å². The summed E-state index contributed by atoms with van der Waals surface area (Å²) in [5, 5.41) is 5.97. The number of hydrogen-bond donors (Lipinski definition) is 1. The lowest BCUT2D eigenvalue weighted by atomic mass is 10.1. The molecule has 28 heavy (non-hydrogen) atoms. The summed E-state index contributed by atoms with van der Waals surface area (Å²) in [6, 6.07) is 12.2. The first kappa shape index (κ1) is 19.8. The van der Waals surface area contributed by atoms with Crippen LogP contribution < -0.4 is 9.88 Å². The second-order valence-electron chi connectivity index (χ2n) is 6.01. The molecular formula is C20H20N2O5S. The highest BCUT2D eigenvalue weighted by Crippen LogP contribution is 2.30. The van der Waals surface area contributed by atoms with Crippen molar-refractivity contribution >= 4 is 34.1 Å². The number of nitrogens with zero attached hydrogens (tertiary/aromatic N) is 1. The van der Waals surface area contributed by atoms with E-state index in [0.29, 0.717) is 34.4 Å². The molecule has 0 radical (unpaired) electrons. The van der Waals surface area contributed by atoms with E-state index in [0.717, 1.165) is 5.56 Å². The number of methoxy groups -OCH3 is 1. The van der Waals surface area contributed by atoms with Crippen molar-refractivity contribution in [3.63, 3.8) is 0 Å². The smallest absolute Gasteiger partial charge is 0.341 e. The highest BCUT2D eigenvalue weighted by atomic mass is 32.2. The lowest BCUT2D eigenvalue weighted by Crippen LogP contribution is -2.10. The fourth-order valence-corrected chi connectivity index (χ4v) is 3.51. The summed E-state index contributed by atoms with van der Waals surface area (Å²) < 4.78 is 23.5. The van der Waals surface area contributed by atoms with Crippen LogP contribution in [-0.4, -0.2) is 34.7 Å². The molecule has 0 bridgehead atoms. The SMILES string of the molecule is CCOC(=O)c1c(C=O)n(Cc2ccc(S(N)=O)cc2)c2ccc(OC)cc12. The van der Waals surface area contributed by atoms with Crippen LogP contribution >= 0.6 is 0 Å². The van der Waals surface area contributed by atoms with E-state index in [2.05, 4.69) is 0 Å². The van der Waals surface area contributed by atoms with Crippen LogP contribution in [0, 0.1) is 0 Å². The predicted octanol–water partition coefficient (Wildman–Crippen LogP) is 2.67. The topological polar surface area (TPSA) is 101 Å². The zero-order valence-electron chi connectivity index (χ0n) is 15.5. The number of carbonyl (C=O) groups is 2. The van der Waals surface area contributed by atoms with Gasteiger partial charge in [-0.15, -0.1) is 0 Å². The van der Waals surface area contributed by atoms with Crippen LogP contribution in [0.1, 0.15) is 33.3 Å². The van der Waals surface area contributed by atoms with Crippen molar-refractivity contribution in [1.29, 1.82) is 0 Å². The first-order valence-corrected chi connectivity index (χ1v) is 9.79. The Bertz CT molecular complexity index is 1060. The average molecular weight is 400 g/mol. The van der Waals surface area contributed by atoms with E-state index in [1.165, 1.54) is 7.11 Å². The van der Waals surface area contributed by atoms with Crippen molar-refractivity contribution in [3.8, 4) is 5.75 Å². The maximum atomic E-state index is 12.5. The van der Waals surface area contributed by atoms with Gasteiger partial charge in [0.15, 0.2) is 6.29 Å². The number of esters is 1. The molecule has 0 saturated carbocycles. The number of aromatic nitrogens is 1. The van der Waals surface area contributed by atoms with Crippen LogP contribution in [0.3, 0.4) is 0 Å². The van der Waals surface area contributed by atoms with Crippen molar-refractivity contribution in [2.75, 3.05) is 13.7 Å². The first-order chi connectivity index (χ1) is 13.5. The van der Waals surface area contributed by atoms with E-state index >= 15 is 0 Å². The van der Waals surface area contributed by atoms with Crippen molar-refractivity contribution in [2.45, 2.75) is 18.4 Å². The third-order valence-electron chi connectivity index (χ3n) is 4.40. The fourth-order valence-electron chi connectivity index (χ4n) is 3.10. The number of carbonyl (C=O) groups excluding carboxylic acids is 2. The van der Waals surface area contributed by atoms with Crippen LogP contribution in [0.2, 0.25) is 0 Å². The molecule has 146 valence electrons. The molecule has 3 aromatic rings. The molecule has 7 nitrogen and oxygen atoms in total. The fraction of sp³-hybridized carbons (Fsp3) is 0.200. The Morgan fingerprint density at radius 1 is 1.21 bits per heavy atom. The van der Waals surface area contributed by atoms with Crippen molar-refractivity contribution in [1.82, 2.24) is 4.57 Å². The Morgan fingerprint density at radius 2 is 1.93 bits per heavy atom. The number of ether oxygens (including phenoxy) is 2. The van der Waals surface area contributed by atoms with Gasteiger partial charge in [-0.2, -0.15) is 0 Å². The number of aldehydes is 1. The standard InChI is InChI=1S/C20H20N2O5S/c1-3-27-20(24)19-16-10-14(26-2)6-9-17(16)22(18(19)12-23)11-13-4-7-15(8-5-13)28(21)25/h4-10,12H,3,11,21H2,1-2H3. The first-order valence-electron chi connectivity index (χ1n) is 8.57. The third-order valence-corrected chi connectivity index (χ3v) is 5.14. The maximum absolute atomic E-state index is 12.5. The second-order valence-corrected chi connectivity index (χ2v) is 7.08. The van der Waals surface area contributed by atoms with Gasteiger partial charge in [-0.25, -0.2) is 14.1 Å². The van der Waals surface area contributed by atoms with Crippen LogP contribution in [0.15, 0.2) is 47.4 Å². The molecular weight excluding hydrogens is 380 g/mol. The van der Waals surface area contributed by atoms with Gasteiger partial charge >= 0.3 is 5.97 Å². The summed E-state index contributed by atoms with van der Waals surface area (Å²) in [6.45, 7) is 2.25. The maximum Gasteiger partial charge on any atom is 0.341 e. The summed E-state index contributed by atoms with van der Waals surface area (Å²) in [6.07, 6.45) is 0.655. The lowest BCUT2D eigenvalue weighted by Gasteiger charge is -2.09. The van der Waals surface area contributed by atoms with E-state index in [1.54, 1.807) is 54.0 Å². The van der Waals surface area contributed by atoms with E-state index in [-0.39, 0.29) is 17.9 Å². The molecule has 0 aliphatic rings. The number of benzene rings is 2. The molecule has 0 amide bonds. The van der Waals surface area contributed by atoms with Crippen molar-refractivity contribution < 1.29 is 23.3 Å². The molecule has 2 aromatic carbocycles. The number of hydrogen-bond acceptors (Lipinski definition) is 5. The monoisotopic (exact) mass is 400 g/mol. The predicted molar refractivity (Wildman–Crippen MR) is 106 cm³/mol. The Kier molecular flexibility index (Phi) is 5.91. The molecule has 0 aliphatic heterocycles. The summed E-state index contributed by atoms with van der Waals surface area (Å²) in [7, 11) is -0.0247. The van der Waals surface area contributed by atoms with Gasteiger partial charge in [0.2, 0.25) is 0 Å². The lowest BCUT2D eigenvalue weighted by molar-refractivity contribution is 0.0526. The normalized spacial score (nSPS) is 12.0. The Morgan fingerprint density at radius 3 is 2.50 bits per heavy atom. The van der Waals surface area contributed by atoms with E-state index in [1.807, 2.05) is 0 Å². The van der Waals surface area contributed by atoms with Crippen LogP contribution in [0.25, 0.3) is 10.9 Å². The molecule has 8 heteroatoms. The highest BCUT2D eigenvalue weighted by molar-refractivity contribution is 7.82. The van der Waals surface area contributed by atoms with Crippen LogP contribution in [0.4, 0.5) is 0 Å². The summed E-state index contributed by atoms with van der Waals surface area (Å²) in [4.78, 5) is 24.9. The molecule has 1 heterocycles. The van der Waals surface area contributed by atoms with Crippen molar-refractivity contribution in [2.24, 2.45) is 5.14 Å². The summed E-state index contributed by atoms with van der Waals surface area (Å²) >= 11 is 0. The Hall–Kier alpha value is -2.97. The summed E-state index contributed by atoms with van der Waals surface area (Å²) in [5.41, 5.74) is 2.01. The van der Waals surface area contributed by atoms with Crippen LogP contribution in [0.5, 0.6) is 5.75 Å². The number of nitrogens with two attached hydrogens (primary N) is 1. The minimum absolute atomic E-state index is 0.200. The zero-order chi connectivity index (χ0) is 20.3. The van der Waals surface area contributed by atoms with Gasteiger partial charge in [0.05, 0.1) is 35.4 Å². The molecule has 1 atom stereocenters. The number of fused-ring (bicyclic) bond motifs is 1. The van der Waals surface area contributed by atoms with E-state index < -0.39 is 17.0 Å². The van der Waals surface area contributed by atoms with Gasteiger partial charge in [-0.1, -0.05) is 12.1 Å². The molecule has 3 rings (SSSR count). The molecule has 1 aromatic heterocycles. The second kappa shape index (κ2) is 8.37. The highest BCUT2D eigenvalue weighted by Gasteiger charge is 2.24. The molecule has 0 spiro atoms. The average Bonchev–Trinajstić information content (AvgIpc) is 3.01. The van der Waals surface area contributed by atoms with Gasteiger partial charge in [0.25, 0.3) is 0 Å². The van der Waals surface area contributed by atoms with Gasteiger partial charge in [0, 0.05) is 11.9 Å². The molecule has 0 fully saturated rings.